The van der Waals surface area contributed by atoms with E-state index in [4.69, 9.17) is 4.74 Å². The topological polar surface area (TPSA) is 66.8 Å². The van der Waals surface area contributed by atoms with Crippen LogP contribution in [0.3, 0.4) is 0 Å². The van der Waals surface area contributed by atoms with Gasteiger partial charge in [0.2, 0.25) is 5.78 Å². The van der Waals surface area contributed by atoms with Gasteiger partial charge in [-0.25, -0.2) is 0 Å². The van der Waals surface area contributed by atoms with E-state index >= 15 is 0 Å². The van der Waals surface area contributed by atoms with Crippen molar-refractivity contribution >= 4 is 23.0 Å². The number of carbonyl (C=O) groups excluding carboxylic acids is 2. The van der Waals surface area contributed by atoms with Crippen LogP contribution in [0.25, 0.3) is 0 Å². The van der Waals surface area contributed by atoms with Crippen molar-refractivity contribution in [3.8, 4) is 0 Å². The zero-order valence-electron chi connectivity index (χ0n) is 16.6. The summed E-state index contributed by atoms with van der Waals surface area (Å²) >= 11 is 1.31. The Morgan fingerprint density at radius 3 is 2.62 bits per heavy atom. The Hall–Kier alpha value is -2.44. The predicted octanol–water partition coefficient (Wildman–Crippen LogP) is 4.63. The first-order valence-electron chi connectivity index (χ1n) is 10.0. The Morgan fingerprint density at radius 2 is 2.03 bits per heavy atom. The monoisotopic (exact) mass is 411 g/mol. The first-order valence-corrected chi connectivity index (χ1v) is 10.9. The van der Waals surface area contributed by atoms with Crippen molar-refractivity contribution in [3.05, 3.63) is 69.1 Å². The number of benzene rings is 1. The second-order valence-corrected chi connectivity index (χ2v) is 8.83. The summed E-state index contributed by atoms with van der Waals surface area (Å²) in [6.45, 7) is 5.28. The van der Waals surface area contributed by atoms with E-state index in [1.165, 1.54) is 16.9 Å². The molecule has 3 heterocycles. The largest absolute Gasteiger partial charge is 0.503 e. The fourth-order valence-corrected chi connectivity index (χ4v) is 4.71. The quantitative estimate of drug-likeness (QED) is 0.704. The van der Waals surface area contributed by atoms with Gasteiger partial charge >= 0.3 is 0 Å². The molecule has 1 amide bonds. The zero-order valence-corrected chi connectivity index (χ0v) is 17.4. The smallest absolute Gasteiger partial charge is 0.290 e. The van der Waals surface area contributed by atoms with Crippen LogP contribution in [-0.4, -0.2) is 41.0 Å². The SMILES string of the molecule is CC(C)c1ccc([C@H]2C(C(=O)c3cccs3)=C(O)C(=O)N2C[C@H]2CCCO2)cc1. The minimum atomic E-state index is -0.609. The molecule has 6 heteroatoms. The number of aliphatic hydroxyl groups excluding tert-OH is 1. The third-order valence-electron chi connectivity index (χ3n) is 5.64. The maximum Gasteiger partial charge on any atom is 0.290 e. The molecular weight excluding hydrogens is 386 g/mol. The van der Waals surface area contributed by atoms with Crippen LogP contribution >= 0.6 is 11.3 Å². The molecule has 0 bridgehead atoms. The van der Waals surface area contributed by atoms with E-state index in [1.807, 2.05) is 29.6 Å². The highest BCUT2D eigenvalue weighted by atomic mass is 32.1. The summed E-state index contributed by atoms with van der Waals surface area (Å²) in [7, 11) is 0. The Kier molecular flexibility index (Phi) is 5.56. The van der Waals surface area contributed by atoms with Crippen LogP contribution in [0.1, 0.15) is 59.4 Å². The third-order valence-corrected chi connectivity index (χ3v) is 6.51. The lowest BCUT2D eigenvalue weighted by Gasteiger charge is -2.29. The van der Waals surface area contributed by atoms with E-state index in [-0.39, 0.29) is 17.5 Å². The fourth-order valence-electron chi connectivity index (χ4n) is 4.03. The van der Waals surface area contributed by atoms with Crippen LogP contribution in [-0.2, 0) is 9.53 Å². The molecule has 0 unspecified atom stereocenters. The van der Waals surface area contributed by atoms with E-state index in [2.05, 4.69) is 13.8 Å². The minimum Gasteiger partial charge on any atom is -0.503 e. The first-order chi connectivity index (χ1) is 14.0. The summed E-state index contributed by atoms with van der Waals surface area (Å²) in [6, 6.07) is 10.9. The molecule has 0 aliphatic carbocycles. The number of hydrogen-bond donors (Lipinski definition) is 1. The lowest BCUT2D eigenvalue weighted by molar-refractivity contribution is -0.131. The van der Waals surface area contributed by atoms with Crippen molar-refractivity contribution in [2.24, 2.45) is 0 Å². The highest BCUT2D eigenvalue weighted by Gasteiger charge is 2.45. The molecule has 0 radical (unpaired) electrons. The Morgan fingerprint density at radius 1 is 1.28 bits per heavy atom. The highest BCUT2D eigenvalue weighted by Crippen LogP contribution is 2.40. The van der Waals surface area contributed by atoms with E-state index < -0.39 is 17.7 Å². The Labute approximate surface area is 174 Å². The summed E-state index contributed by atoms with van der Waals surface area (Å²) in [5.74, 6) is -0.857. The number of hydrogen-bond acceptors (Lipinski definition) is 5. The average molecular weight is 412 g/mol. The Bertz CT molecular complexity index is 924. The van der Waals surface area contributed by atoms with Crippen LogP contribution in [0.4, 0.5) is 0 Å². The molecule has 2 aliphatic rings. The maximum atomic E-state index is 13.2. The molecular formula is C23H25NO4S. The number of ketones is 1. The van der Waals surface area contributed by atoms with Gasteiger partial charge in [0.25, 0.3) is 5.91 Å². The van der Waals surface area contributed by atoms with E-state index in [0.29, 0.717) is 23.9 Å². The van der Waals surface area contributed by atoms with Gasteiger partial charge in [-0.05, 0) is 41.3 Å². The number of carbonyl (C=O) groups is 2. The molecule has 29 heavy (non-hydrogen) atoms. The fraction of sp³-hybridized carbons (Fsp3) is 0.391. The van der Waals surface area contributed by atoms with E-state index in [1.54, 1.807) is 17.0 Å². The van der Waals surface area contributed by atoms with Crippen LogP contribution < -0.4 is 0 Å². The zero-order chi connectivity index (χ0) is 20.5. The Balaban J connectivity index is 1.74. The summed E-state index contributed by atoms with van der Waals surface area (Å²) < 4.78 is 5.72. The number of ether oxygens (including phenoxy) is 1. The van der Waals surface area contributed by atoms with Gasteiger partial charge in [0.15, 0.2) is 5.76 Å². The standard InChI is InChI=1S/C23H25NO4S/c1-14(2)15-7-9-16(10-8-15)20-19(21(25)18-6-4-12-29-18)22(26)23(27)24(20)13-17-5-3-11-28-17/h4,6-10,12,14,17,20,26H,3,5,11,13H2,1-2H3/t17-,20+/m1/s1. The number of Topliss-reactive ketones (excluding diaryl/α,β-unsaturated/α-hetero) is 1. The molecule has 1 aromatic heterocycles. The number of aliphatic hydroxyl groups is 1. The van der Waals surface area contributed by atoms with Gasteiger partial charge in [0.05, 0.1) is 22.6 Å². The number of rotatable bonds is 6. The summed E-state index contributed by atoms with van der Waals surface area (Å²) in [6.07, 6.45) is 1.76. The molecule has 2 aromatic rings. The molecule has 1 aromatic carbocycles. The van der Waals surface area contributed by atoms with Crippen molar-refractivity contribution in [1.82, 2.24) is 4.90 Å². The van der Waals surface area contributed by atoms with Gasteiger partial charge in [-0.15, -0.1) is 11.3 Å². The molecule has 5 nitrogen and oxygen atoms in total. The summed E-state index contributed by atoms with van der Waals surface area (Å²) in [4.78, 5) is 28.2. The molecule has 4 rings (SSSR count). The molecule has 152 valence electrons. The lowest BCUT2D eigenvalue weighted by atomic mass is 9.93. The normalized spacial score (nSPS) is 22.2. The van der Waals surface area contributed by atoms with Gasteiger partial charge in [-0.3, -0.25) is 9.59 Å². The van der Waals surface area contributed by atoms with Crippen molar-refractivity contribution in [2.75, 3.05) is 13.2 Å². The highest BCUT2D eigenvalue weighted by molar-refractivity contribution is 7.12. The molecule has 2 aliphatic heterocycles. The van der Waals surface area contributed by atoms with Crippen LogP contribution in [0, 0.1) is 0 Å². The van der Waals surface area contributed by atoms with E-state index in [0.717, 1.165) is 18.4 Å². The van der Waals surface area contributed by atoms with Crippen LogP contribution in [0.15, 0.2) is 53.1 Å². The van der Waals surface area contributed by atoms with Gasteiger partial charge in [-0.2, -0.15) is 0 Å². The summed E-state index contributed by atoms with van der Waals surface area (Å²) in [5.41, 5.74) is 2.17. The second-order valence-electron chi connectivity index (χ2n) is 7.89. The average Bonchev–Trinajstić information content (AvgIpc) is 3.46. The lowest BCUT2D eigenvalue weighted by Crippen LogP contribution is -2.37. The molecule has 1 N–H and O–H groups in total. The number of amides is 1. The van der Waals surface area contributed by atoms with Gasteiger partial charge in [0, 0.05) is 13.2 Å². The molecule has 1 saturated heterocycles. The maximum absolute atomic E-state index is 13.2. The van der Waals surface area contributed by atoms with Gasteiger partial charge < -0.3 is 14.7 Å². The first kappa shape index (κ1) is 19.9. The molecule has 1 fully saturated rings. The molecule has 0 spiro atoms. The second kappa shape index (κ2) is 8.13. The van der Waals surface area contributed by atoms with Crippen LogP contribution in [0.2, 0.25) is 0 Å². The van der Waals surface area contributed by atoms with Crippen molar-refractivity contribution in [1.29, 1.82) is 0 Å². The third kappa shape index (κ3) is 3.74. The van der Waals surface area contributed by atoms with Gasteiger partial charge in [0.1, 0.15) is 0 Å². The number of thiophene rings is 1. The van der Waals surface area contributed by atoms with Crippen LogP contribution in [0.5, 0.6) is 0 Å². The van der Waals surface area contributed by atoms with Crippen molar-refractivity contribution < 1.29 is 19.4 Å². The van der Waals surface area contributed by atoms with E-state index in [9.17, 15) is 14.7 Å². The summed E-state index contributed by atoms with van der Waals surface area (Å²) in [5, 5.41) is 12.5. The molecule has 0 saturated carbocycles. The predicted molar refractivity (Wildman–Crippen MR) is 112 cm³/mol. The van der Waals surface area contributed by atoms with Gasteiger partial charge in [-0.1, -0.05) is 44.2 Å². The number of nitrogens with zero attached hydrogens (tertiary/aromatic N) is 1. The van der Waals surface area contributed by atoms with Crippen molar-refractivity contribution in [3.63, 3.8) is 0 Å². The molecule has 2 atom stereocenters. The minimum absolute atomic E-state index is 0.0691. The van der Waals surface area contributed by atoms with Crippen molar-refractivity contribution in [2.45, 2.75) is 44.8 Å².